The minimum atomic E-state index is -0.165. The van der Waals surface area contributed by atoms with Gasteiger partial charge in [-0.1, -0.05) is 67.0 Å². The summed E-state index contributed by atoms with van der Waals surface area (Å²) in [6.45, 7) is 9.63. The number of allylic oxidation sites excluding steroid dienone is 5. The number of nitrogens with one attached hydrogen (secondary N) is 1. The van der Waals surface area contributed by atoms with Crippen LogP contribution in [-0.2, 0) is 0 Å². The summed E-state index contributed by atoms with van der Waals surface area (Å²) in [5, 5.41) is 3.48. The molecule has 1 heterocycles. The normalized spacial score (nSPS) is 22.8. The minimum Gasteiger partial charge on any atom is -0.399 e. The van der Waals surface area contributed by atoms with Gasteiger partial charge in [-0.05, 0) is 69.8 Å². The molecule has 0 spiro atoms. The van der Waals surface area contributed by atoms with E-state index in [0.717, 1.165) is 37.9 Å². The van der Waals surface area contributed by atoms with E-state index in [-0.39, 0.29) is 5.83 Å². The van der Waals surface area contributed by atoms with Crippen molar-refractivity contribution in [2.45, 2.75) is 52.9 Å². The molecule has 0 saturated heterocycles. The summed E-state index contributed by atoms with van der Waals surface area (Å²) in [5.41, 5.74) is 13.0. The molecule has 3 rings (SSSR count). The van der Waals surface area contributed by atoms with E-state index in [1.165, 1.54) is 23.1 Å². The number of hydrogen-bond donors (Lipinski definition) is 2. The average molecular weight is 436 g/mol. The largest absolute Gasteiger partial charge is 0.399 e. The number of aryl methyl sites for hydroxylation is 1. The highest BCUT2D eigenvalue weighted by molar-refractivity contribution is 5.71. The topological polar surface area (TPSA) is 41.3 Å². The van der Waals surface area contributed by atoms with Crippen molar-refractivity contribution in [3.63, 3.8) is 0 Å². The average Bonchev–Trinajstić information content (AvgIpc) is 2.80. The Morgan fingerprint density at radius 2 is 1.75 bits per heavy atom. The molecule has 0 amide bonds. The highest BCUT2D eigenvalue weighted by atomic mass is 19.1. The smallest absolute Gasteiger partial charge is 0.150 e. The molecule has 1 aliphatic carbocycles. The van der Waals surface area contributed by atoms with Crippen LogP contribution in [0, 0.1) is 6.92 Å². The van der Waals surface area contributed by atoms with Crippen LogP contribution in [0.15, 0.2) is 76.8 Å². The lowest BCUT2D eigenvalue weighted by Gasteiger charge is -2.31. The van der Waals surface area contributed by atoms with E-state index in [2.05, 4.69) is 36.2 Å². The van der Waals surface area contributed by atoms with Crippen LogP contribution in [0.1, 0.15) is 57.1 Å². The van der Waals surface area contributed by atoms with Crippen molar-refractivity contribution >= 4 is 5.70 Å². The molecule has 32 heavy (non-hydrogen) atoms. The number of halogens is 1. The van der Waals surface area contributed by atoms with E-state index < -0.39 is 0 Å². The van der Waals surface area contributed by atoms with Crippen molar-refractivity contribution in [2.75, 3.05) is 26.2 Å². The molecule has 0 radical (unpaired) electrons. The maximum absolute atomic E-state index is 15.8. The Hall–Kier alpha value is -2.59. The molecule has 0 bridgehead atoms. The van der Waals surface area contributed by atoms with Gasteiger partial charge in [-0.3, -0.25) is 0 Å². The lowest BCUT2D eigenvalue weighted by Crippen LogP contribution is -2.28. The Kier molecular flexibility index (Phi) is 8.92. The molecule has 0 fully saturated rings. The van der Waals surface area contributed by atoms with E-state index in [9.17, 15) is 0 Å². The standard InChI is InChI=1S/C28H38FN3/c1-4-16-31-17-14-22-8-10-23(11-9-22)20-32-18-15-26(30)19-24(5-2)27(29)28(32)25-12-6-21(3)7-13-25/h6-8,10,12-13,15,19,31H,4-5,9,11,14,16-18,20,30H2,1-3H3/b24-19+,26-15+,28-27+. The Bertz CT molecular complexity index is 932. The van der Waals surface area contributed by atoms with Crippen LogP contribution in [0.25, 0.3) is 5.70 Å². The van der Waals surface area contributed by atoms with Crippen molar-refractivity contribution in [3.05, 3.63) is 87.9 Å². The third-order valence-electron chi connectivity index (χ3n) is 6.17. The van der Waals surface area contributed by atoms with Gasteiger partial charge in [-0.2, -0.15) is 0 Å². The van der Waals surface area contributed by atoms with Crippen molar-refractivity contribution < 1.29 is 4.39 Å². The summed E-state index contributed by atoms with van der Waals surface area (Å²) in [7, 11) is 0. The molecule has 172 valence electrons. The minimum absolute atomic E-state index is 0.165. The second-order valence-electron chi connectivity index (χ2n) is 8.79. The van der Waals surface area contributed by atoms with E-state index in [1.54, 1.807) is 6.08 Å². The third kappa shape index (κ3) is 6.46. The molecule has 0 unspecified atom stereocenters. The lowest BCUT2D eigenvalue weighted by atomic mass is 9.95. The first-order valence-corrected chi connectivity index (χ1v) is 12.0. The number of rotatable bonds is 9. The first kappa shape index (κ1) is 24.1. The van der Waals surface area contributed by atoms with Gasteiger partial charge in [0.15, 0.2) is 0 Å². The van der Waals surface area contributed by atoms with Gasteiger partial charge < -0.3 is 16.0 Å². The van der Waals surface area contributed by atoms with Gasteiger partial charge in [0.25, 0.3) is 0 Å². The molecule has 1 aromatic carbocycles. The monoisotopic (exact) mass is 435 g/mol. The van der Waals surface area contributed by atoms with Gasteiger partial charge in [-0.15, -0.1) is 0 Å². The molecule has 0 saturated carbocycles. The Balaban J connectivity index is 1.86. The summed E-state index contributed by atoms with van der Waals surface area (Å²) >= 11 is 0. The SMILES string of the molecule is CCCNCCC1=CC=C(CN2C\C=C(N)/C=C(CC)/C(F)=C\2c2ccc(C)cc2)CC1. The van der Waals surface area contributed by atoms with Gasteiger partial charge >= 0.3 is 0 Å². The van der Waals surface area contributed by atoms with Crippen LogP contribution in [0.3, 0.4) is 0 Å². The van der Waals surface area contributed by atoms with Crippen LogP contribution in [-0.4, -0.2) is 31.1 Å². The maximum atomic E-state index is 15.8. The summed E-state index contributed by atoms with van der Waals surface area (Å²) in [4.78, 5) is 2.14. The van der Waals surface area contributed by atoms with Crippen molar-refractivity contribution in [1.29, 1.82) is 0 Å². The van der Waals surface area contributed by atoms with Gasteiger partial charge in [0.2, 0.25) is 0 Å². The number of hydrogen-bond acceptors (Lipinski definition) is 3. The lowest BCUT2D eigenvalue weighted by molar-refractivity contribution is 0.449. The number of nitrogens with zero attached hydrogens (tertiary/aromatic N) is 1. The van der Waals surface area contributed by atoms with Crippen LogP contribution in [0.4, 0.5) is 4.39 Å². The predicted molar refractivity (Wildman–Crippen MR) is 135 cm³/mol. The summed E-state index contributed by atoms with van der Waals surface area (Å²) in [6.07, 6.45) is 13.3. The first-order valence-electron chi connectivity index (χ1n) is 12.0. The zero-order chi connectivity index (χ0) is 22.9. The Labute approximate surface area is 193 Å². The fraction of sp³-hybridized carbons (Fsp3) is 0.429. The van der Waals surface area contributed by atoms with Gasteiger partial charge in [0, 0.05) is 24.4 Å². The second kappa shape index (κ2) is 11.9. The van der Waals surface area contributed by atoms with Crippen LogP contribution in [0.2, 0.25) is 0 Å². The molecule has 3 N–H and O–H groups in total. The second-order valence-corrected chi connectivity index (χ2v) is 8.79. The highest BCUT2D eigenvalue weighted by Gasteiger charge is 2.22. The van der Waals surface area contributed by atoms with E-state index >= 15 is 4.39 Å². The van der Waals surface area contributed by atoms with Crippen molar-refractivity contribution in [1.82, 2.24) is 10.2 Å². The Morgan fingerprint density at radius 1 is 1.03 bits per heavy atom. The summed E-state index contributed by atoms with van der Waals surface area (Å²) in [5.74, 6) is -0.165. The fourth-order valence-corrected chi connectivity index (χ4v) is 4.20. The van der Waals surface area contributed by atoms with Gasteiger partial charge in [0.1, 0.15) is 5.83 Å². The Morgan fingerprint density at radius 3 is 2.41 bits per heavy atom. The molecule has 4 heteroatoms. The van der Waals surface area contributed by atoms with Crippen LogP contribution >= 0.6 is 0 Å². The molecule has 0 aromatic heterocycles. The fourth-order valence-electron chi connectivity index (χ4n) is 4.20. The molecule has 1 aromatic rings. The summed E-state index contributed by atoms with van der Waals surface area (Å²) < 4.78 is 15.8. The van der Waals surface area contributed by atoms with E-state index in [0.29, 0.717) is 36.5 Å². The first-order chi connectivity index (χ1) is 15.5. The van der Waals surface area contributed by atoms with Crippen LogP contribution < -0.4 is 11.1 Å². The van der Waals surface area contributed by atoms with Gasteiger partial charge in [-0.25, -0.2) is 4.39 Å². The predicted octanol–water partition coefficient (Wildman–Crippen LogP) is 6.16. The third-order valence-corrected chi connectivity index (χ3v) is 6.17. The molecular weight excluding hydrogens is 397 g/mol. The molecule has 1 aliphatic heterocycles. The van der Waals surface area contributed by atoms with Gasteiger partial charge in [0.05, 0.1) is 5.70 Å². The number of benzene rings is 1. The van der Waals surface area contributed by atoms with Crippen molar-refractivity contribution in [2.24, 2.45) is 5.73 Å². The molecule has 2 aliphatic rings. The maximum Gasteiger partial charge on any atom is 0.150 e. The van der Waals surface area contributed by atoms with E-state index in [1.807, 2.05) is 37.3 Å². The molecule has 0 atom stereocenters. The quantitative estimate of drug-likeness (QED) is 0.456. The van der Waals surface area contributed by atoms with E-state index in [4.69, 9.17) is 5.73 Å². The zero-order valence-electron chi connectivity index (χ0n) is 19.9. The van der Waals surface area contributed by atoms with Crippen molar-refractivity contribution in [3.8, 4) is 0 Å². The highest BCUT2D eigenvalue weighted by Crippen LogP contribution is 2.33. The zero-order valence-corrected chi connectivity index (χ0v) is 19.9. The number of nitrogens with two attached hydrogens (primary N) is 1. The molecule has 3 nitrogen and oxygen atoms in total. The molecular formula is C28H38FN3. The summed E-state index contributed by atoms with van der Waals surface area (Å²) in [6, 6.07) is 8.15. The van der Waals surface area contributed by atoms with Crippen LogP contribution in [0.5, 0.6) is 0 Å².